The quantitative estimate of drug-likeness (QED) is 0.266. The molecule has 3 N–H and O–H groups in total. The first kappa shape index (κ1) is 24.8. The molecule has 31 heavy (non-hydrogen) atoms. The van der Waals surface area contributed by atoms with E-state index in [4.69, 9.17) is 9.47 Å². The fourth-order valence-corrected chi connectivity index (χ4v) is 3.08. The van der Waals surface area contributed by atoms with Gasteiger partial charge in [0.15, 0.2) is 17.5 Å². The Morgan fingerprint density at radius 1 is 1.06 bits per heavy atom. The number of fused-ring (bicyclic) bond motifs is 1. The van der Waals surface area contributed by atoms with Crippen molar-refractivity contribution in [2.45, 2.75) is 40.3 Å². The van der Waals surface area contributed by atoms with Crippen molar-refractivity contribution in [2.24, 2.45) is 10.9 Å². The summed E-state index contributed by atoms with van der Waals surface area (Å²) in [6.07, 6.45) is 0.511. The van der Waals surface area contributed by atoms with Crippen LogP contribution in [0.1, 0.15) is 38.3 Å². The molecule has 1 heterocycles. The van der Waals surface area contributed by atoms with Crippen LogP contribution < -0.4 is 25.4 Å². The van der Waals surface area contributed by atoms with Gasteiger partial charge in [0.1, 0.15) is 0 Å². The number of halogens is 1. The number of aliphatic imine (C=N–C) groups is 1. The highest BCUT2D eigenvalue weighted by molar-refractivity contribution is 14.0. The first-order valence-electron chi connectivity index (χ1n) is 10.3. The Labute approximate surface area is 201 Å². The van der Waals surface area contributed by atoms with E-state index in [0.717, 1.165) is 40.8 Å². The van der Waals surface area contributed by atoms with Crippen molar-refractivity contribution in [1.82, 2.24) is 10.6 Å². The fraction of sp³-hybridized carbons (Fsp3) is 0.391. The minimum absolute atomic E-state index is 0. The van der Waals surface area contributed by atoms with E-state index in [1.54, 1.807) is 0 Å². The Balaban J connectivity index is 0.00000341. The van der Waals surface area contributed by atoms with Crippen molar-refractivity contribution in [3.63, 3.8) is 0 Å². The van der Waals surface area contributed by atoms with Gasteiger partial charge in [0.25, 0.3) is 0 Å². The second kappa shape index (κ2) is 12.4. The third-order valence-corrected chi connectivity index (χ3v) is 4.47. The highest BCUT2D eigenvalue weighted by atomic mass is 127. The Hall–Kier alpha value is -2.49. The maximum atomic E-state index is 12.0. The molecular weight excluding hydrogens is 507 g/mol. The number of anilines is 1. The molecule has 1 aliphatic rings. The van der Waals surface area contributed by atoms with Crippen LogP contribution in [0.2, 0.25) is 0 Å². The van der Waals surface area contributed by atoms with Crippen LogP contribution in [0.3, 0.4) is 0 Å². The Kier molecular flexibility index (Phi) is 9.90. The molecule has 2 aromatic rings. The van der Waals surface area contributed by atoms with Crippen molar-refractivity contribution in [3.8, 4) is 11.5 Å². The maximum Gasteiger partial charge on any atom is 0.231 e. The number of nitrogens with one attached hydrogen (secondary N) is 3. The maximum absolute atomic E-state index is 12.0. The highest BCUT2D eigenvalue weighted by Gasteiger charge is 2.13. The van der Waals surface area contributed by atoms with Crippen LogP contribution in [0.25, 0.3) is 0 Å². The van der Waals surface area contributed by atoms with Crippen LogP contribution in [0.5, 0.6) is 11.5 Å². The number of hydrogen-bond acceptors (Lipinski definition) is 4. The van der Waals surface area contributed by atoms with Crippen molar-refractivity contribution < 1.29 is 14.3 Å². The Bertz CT molecular complexity index is 902. The van der Waals surface area contributed by atoms with Crippen LogP contribution in [0.4, 0.5) is 5.69 Å². The third-order valence-electron chi connectivity index (χ3n) is 4.47. The van der Waals surface area contributed by atoms with Crippen molar-refractivity contribution in [3.05, 3.63) is 53.6 Å². The molecule has 2 aromatic carbocycles. The molecule has 0 bridgehead atoms. The summed E-state index contributed by atoms with van der Waals surface area (Å²) >= 11 is 0. The average molecular weight is 538 g/mol. The Morgan fingerprint density at radius 3 is 2.65 bits per heavy atom. The second-order valence-corrected chi connectivity index (χ2v) is 7.58. The van der Waals surface area contributed by atoms with E-state index in [9.17, 15) is 4.79 Å². The van der Waals surface area contributed by atoms with Gasteiger partial charge in [-0.15, -0.1) is 24.0 Å². The molecule has 8 heteroatoms. The van der Waals surface area contributed by atoms with Crippen LogP contribution in [0, 0.1) is 5.92 Å². The topological polar surface area (TPSA) is 84.0 Å². The van der Waals surface area contributed by atoms with E-state index in [1.807, 2.05) is 63.2 Å². The molecule has 7 nitrogen and oxygen atoms in total. The van der Waals surface area contributed by atoms with Crippen LogP contribution >= 0.6 is 24.0 Å². The summed E-state index contributed by atoms with van der Waals surface area (Å²) in [5.74, 6) is 2.64. The average Bonchev–Trinajstić information content (AvgIpc) is 3.17. The summed E-state index contributed by atoms with van der Waals surface area (Å²) in [6, 6.07) is 13.7. The van der Waals surface area contributed by atoms with Crippen LogP contribution in [0.15, 0.2) is 47.5 Å². The lowest BCUT2D eigenvalue weighted by Gasteiger charge is -2.12. The molecule has 0 aromatic heterocycles. The molecule has 0 unspecified atom stereocenters. The number of benzene rings is 2. The number of nitrogens with zero attached hydrogens (tertiary/aromatic N) is 1. The first-order valence-corrected chi connectivity index (χ1v) is 10.3. The molecule has 1 aliphatic heterocycles. The zero-order valence-corrected chi connectivity index (χ0v) is 20.6. The van der Waals surface area contributed by atoms with Gasteiger partial charge in [-0.3, -0.25) is 4.79 Å². The van der Waals surface area contributed by atoms with Gasteiger partial charge < -0.3 is 25.4 Å². The molecule has 0 saturated carbocycles. The Morgan fingerprint density at radius 2 is 1.87 bits per heavy atom. The van der Waals surface area contributed by atoms with Gasteiger partial charge in [-0.05, 0) is 48.2 Å². The highest BCUT2D eigenvalue weighted by Crippen LogP contribution is 2.32. The first-order chi connectivity index (χ1) is 14.5. The summed E-state index contributed by atoms with van der Waals surface area (Å²) in [5.41, 5.74) is 2.91. The number of hydrogen-bond donors (Lipinski definition) is 3. The summed E-state index contributed by atoms with van der Waals surface area (Å²) in [4.78, 5) is 16.7. The van der Waals surface area contributed by atoms with E-state index < -0.39 is 0 Å². The normalized spacial score (nSPS) is 12.3. The largest absolute Gasteiger partial charge is 0.454 e. The number of rotatable bonds is 8. The zero-order valence-electron chi connectivity index (χ0n) is 18.2. The summed E-state index contributed by atoms with van der Waals surface area (Å²) in [7, 11) is 0. The number of carbonyl (C=O) groups excluding carboxylic acids is 1. The molecule has 1 amide bonds. The molecule has 3 rings (SSSR count). The molecular formula is C23H31IN4O3. The smallest absolute Gasteiger partial charge is 0.231 e. The number of guanidine groups is 1. The number of amides is 1. The molecule has 168 valence electrons. The lowest BCUT2D eigenvalue weighted by molar-refractivity contribution is -0.116. The minimum Gasteiger partial charge on any atom is -0.454 e. The second-order valence-electron chi connectivity index (χ2n) is 7.58. The number of carbonyl (C=O) groups is 1. The van der Waals surface area contributed by atoms with E-state index in [0.29, 0.717) is 25.4 Å². The van der Waals surface area contributed by atoms with Gasteiger partial charge in [-0.1, -0.05) is 32.0 Å². The van der Waals surface area contributed by atoms with Crippen molar-refractivity contribution in [2.75, 3.05) is 18.7 Å². The fourth-order valence-electron chi connectivity index (χ4n) is 3.08. The van der Waals surface area contributed by atoms with Crippen molar-refractivity contribution >= 4 is 41.5 Å². The molecule has 0 saturated heterocycles. The van der Waals surface area contributed by atoms with E-state index in [-0.39, 0.29) is 36.7 Å². The van der Waals surface area contributed by atoms with Crippen molar-refractivity contribution in [1.29, 1.82) is 0 Å². The zero-order chi connectivity index (χ0) is 21.3. The van der Waals surface area contributed by atoms with Gasteiger partial charge >= 0.3 is 0 Å². The number of ether oxygens (including phenoxy) is 2. The van der Waals surface area contributed by atoms with E-state index in [2.05, 4.69) is 20.9 Å². The van der Waals surface area contributed by atoms with Gasteiger partial charge in [0.05, 0.1) is 6.54 Å². The lowest BCUT2D eigenvalue weighted by atomic mass is 10.1. The third kappa shape index (κ3) is 7.93. The summed E-state index contributed by atoms with van der Waals surface area (Å²) in [5, 5.41) is 9.55. The monoisotopic (exact) mass is 538 g/mol. The molecule has 0 aliphatic carbocycles. The van der Waals surface area contributed by atoms with E-state index in [1.165, 1.54) is 0 Å². The molecule has 0 atom stereocenters. The van der Waals surface area contributed by atoms with Gasteiger partial charge in [0, 0.05) is 25.2 Å². The summed E-state index contributed by atoms with van der Waals surface area (Å²) < 4.78 is 10.8. The van der Waals surface area contributed by atoms with Gasteiger partial charge in [-0.2, -0.15) is 0 Å². The summed E-state index contributed by atoms with van der Waals surface area (Å²) in [6.45, 7) is 8.25. The molecule has 0 fully saturated rings. The van der Waals surface area contributed by atoms with E-state index >= 15 is 0 Å². The SMILES string of the molecule is CCNC(=NCc1cccc(NC(=O)CC(C)C)c1)NCc1ccc2c(c1)OCO2.I. The van der Waals surface area contributed by atoms with Crippen LogP contribution in [-0.2, 0) is 17.9 Å². The predicted molar refractivity (Wildman–Crippen MR) is 134 cm³/mol. The van der Waals surface area contributed by atoms with Gasteiger partial charge in [-0.25, -0.2) is 4.99 Å². The van der Waals surface area contributed by atoms with Crippen LogP contribution in [-0.4, -0.2) is 25.2 Å². The lowest BCUT2D eigenvalue weighted by Crippen LogP contribution is -2.36. The van der Waals surface area contributed by atoms with Gasteiger partial charge in [0.2, 0.25) is 12.7 Å². The molecule has 0 spiro atoms. The molecule has 0 radical (unpaired) electrons. The predicted octanol–water partition coefficient (Wildman–Crippen LogP) is 4.27. The minimum atomic E-state index is 0. The standard InChI is InChI=1S/C23H30N4O3.HI/c1-4-24-23(26-14-18-8-9-20-21(12-18)30-15-29-20)25-13-17-6-5-7-19(11-17)27-22(28)10-16(2)3;/h5-9,11-12,16H,4,10,13-15H2,1-3H3,(H,27,28)(H2,24,25,26);1H.